The topological polar surface area (TPSA) is 84.1 Å². The standard InChI is InChI=1S/C18H23N5O/c1-13-4-2-6-17(20-13)22-18-7-3-5-15(21-18)14-8-10-23(11-9-14)12-16(19)24/h2-7,14H,8-12H2,1H3,(H2,19,24)(H,20,21,22). The number of aryl methyl sites for hydroxylation is 1. The summed E-state index contributed by atoms with van der Waals surface area (Å²) in [7, 11) is 0. The summed E-state index contributed by atoms with van der Waals surface area (Å²) < 4.78 is 0. The van der Waals surface area contributed by atoms with E-state index in [1.165, 1.54) is 0 Å². The number of nitrogens with two attached hydrogens (primary N) is 1. The summed E-state index contributed by atoms with van der Waals surface area (Å²) in [6, 6.07) is 11.9. The summed E-state index contributed by atoms with van der Waals surface area (Å²) in [5.41, 5.74) is 7.33. The highest BCUT2D eigenvalue weighted by Gasteiger charge is 2.22. The van der Waals surface area contributed by atoms with Crippen molar-refractivity contribution in [1.29, 1.82) is 0 Å². The number of carbonyl (C=O) groups is 1. The maximum Gasteiger partial charge on any atom is 0.231 e. The largest absolute Gasteiger partial charge is 0.369 e. The minimum atomic E-state index is -0.261. The van der Waals surface area contributed by atoms with Crippen molar-refractivity contribution in [1.82, 2.24) is 14.9 Å². The number of aromatic nitrogens is 2. The summed E-state index contributed by atoms with van der Waals surface area (Å²) in [5.74, 6) is 1.77. The first-order valence-corrected chi connectivity index (χ1v) is 8.28. The normalized spacial score (nSPS) is 16.0. The number of carbonyl (C=O) groups excluding carboxylic acids is 1. The van der Waals surface area contributed by atoms with Crippen LogP contribution in [0.2, 0.25) is 0 Å². The molecule has 1 amide bonds. The molecule has 0 spiro atoms. The monoisotopic (exact) mass is 325 g/mol. The fourth-order valence-corrected chi connectivity index (χ4v) is 3.10. The van der Waals surface area contributed by atoms with Crippen LogP contribution in [0.25, 0.3) is 0 Å². The third-order valence-corrected chi connectivity index (χ3v) is 4.30. The molecule has 0 radical (unpaired) electrons. The average Bonchev–Trinajstić information content (AvgIpc) is 2.55. The third-order valence-electron chi connectivity index (χ3n) is 4.30. The zero-order valence-corrected chi connectivity index (χ0v) is 13.9. The van der Waals surface area contributed by atoms with Crippen LogP contribution in [0.3, 0.4) is 0 Å². The molecule has 3 heterocycles. The molecule has 0 aliphatic carbocycles. The zero-order valence-electron chi connectivity index (χ0n) is 13.9. The molecule has 24 heavy (non-hydrogen) atoms. The molecule has 3 N–H and O–H groups in total. The Bertz CT molecular complexity index is 710. The molecular formula is C18H23N5O. The van der Waals surface area contributed by atoms with E-state index in [0.717, 1.165) is 49.0 Å². The van der Waals surface area contributed by atoms with Gasteiger partial charge >= 0.3 is 0 Å². The molecule has 2 aromatic rings. The molecule has 1 aliphatic rings. The van der Waals surface area contributed by atoms with Crippen molar-refractivity contribution in [2.75, 3.05) is 25.0 Å². The lowest BCUT2D eigenvalue weighted by atomic mass is 9.93. The van der Waals surface area contributed by atoms with Crippen LogP contribution < -0.4 is 11.1 Å². The molecule has 2 aromatic heterocycles. The van der Waals surface area contributed by atoms with Gasteiger partial charge in [-0.05, 0) is 57.1 Å². The van der Waals surface area contributed by atoms with Crippen molar-refractivity contribution in [2.45, 2.75) is 25.7 Å². The van der Waals surface area contributed by atoms with Crippen LogP contribution in [-0.4, -0.2) is 40.4 Å². The van der Waals surface area contributed by atoms with Crippen LogP contribution in [-0.2, 0) is 4.79 Å². The van der Waals surface area contributed by atoms with E-state index in [-0.39, 0.29) is 5.91 Å². The van der Waals surface area contributed by atoms with Gasteiger partial charge < -0.3 is 11.1 Å². The van der Waals surface area contributed by atoms with Crippen LogP contribution in [0.5, 0.6) is 0 Å². The van der Waals surface area contributed by atoms with Gasteiger partial charge in [0.05, 0.1) is 6.54 Å². The van der Waals surface area contributed by atoms with Gasteiger partial charge in [-0.1, -0.05) is 12.1 Å². The lowest BCUT2D eigenvalue weighted by Gasteiger charge is -2.30. The Labute approximate surface area is 142 Å². The molecule has 1 fully saturated rings. The Hall–Kier alpha value is -2.47. The first-order chi connectivity index (χ1) is 11.6. The second-order valence-corrected chi connectivity index (χ2v) is 6.25. The summed E-state index contributed by atoms with van der Waals surface area (Å²) in [6.45, 7) is 4.08. The van der Waals surface area contributed by atoms with E-state index in [1.54, 1.807) is 0 Å². The van der Waals surface area contributed by atoms with Gasteiger partial charge in [0, 0.05) is 17.3 Å². The van der Waals surface area contributed by atoms with Crippen molar-refractivity contribution in [3.63, 3.8) is 0 Å². The van der Waals surface area contributed by atoms with Gasteiger partial charge in [-0.3, -0.25) is 9.69 Å². The number of nitrogens with zero attached hydrogens (tertiary/aromatic N) is 3. The number of nitrogens with one attached hydrogen (secondary N) is 1. The Balaban J connectivity index is 1.64. The molecule has 0 unspecified atom stereocenters. The van der Waals surface area contributed by atoms with Crippen LogP contribution in [0.1, 0.15) is 30.1 Å². The second kappa shape index (κ2) is 7.40. The molecule has 126 valence electrons. The molecule has 0 saturated carbocycles. The predicted octanol–water partition coefficient (Wildman–Crippen LogP) is 2.19. The number of likely N-dealkylation sites (tertiary alicyclic amines) is 1. The van der Waals surface area contributed by atoms with Crippen LogP contribution >= 0.6 is 0 Å². The zero-order chi connectivity index (χ0) is 16.9. The number of pyridine rings is 2. The van der Waals surface area contributed by atoms with Crippen molar-refractivity contribution >= 4 is 17.5 Å². The van der Waals surface area contributed by atoms with E-state index in [1.807, 2.05) is 37.3 Å². The average molecular weight is 325 g/mol. The van der Waals surface area contributed by atoms with E-state index in [0.29, 0.717) is 12.5 Å². The molecule has 0 bridgehead atoms. The minimum absolute atomic E-state index is 0.261. The second-order valence-electron chi connectivity index (χ2n) is 6.25. The highest BCUT2D eigenvalue weighted by Crippen LogP contribution is 2.27. The van der Waals surface area contributed by atoms with Crippen molar-refractivity contribution in [3.8, 4) is 0 Å². The lowest BCUT2D eigenvalue weighted by Crippen LogP contribution is -2.39. The van der Waals surface area contributed by atoms with Crippen LogP contribution in [0, 0.1) is 6.92 Å². The summed E-state index contributed by atoms with van der Waals surface area (Å²) in [4.78, 5) is 22.3. The van der Waals surface area contributed by atoms with Gasteiger partial charge in [-0.2, -0.15) is 0 Å². The molecule has 3 rings (SSSR count). The molecule has 0 atom stereocenters. The lowest BCUT2D eigenvalue weighted by molar-refractivity contribution is -0.119. The van der Waals surface area contributed by atoms with Gasteiger partial charge in [0.15, 0.2) is 0 Å². The number of hydrogen-bond donors (Lipinski definition) is 2. The van der Waals surface area contributed by atoms with Gasteiger partial charge in [-0.25, -0.2) is 9.97 Å². The summed E-state index contributed by atoms with van der Waals surface area (Å²) in [6.07, 6.45) is 1.98. The Morgan fingerprint density at radius 2 is 1.83 bits per heavy atom. The maximum absolute atomic E-state index is 11.0. The Morgan fingerprint density at radius 3 is 2.50 bits per heavy atom. The SMILES string of the molecule is Cc1cccc(Nc2cccc(C3CCN(CC(N)=O)CC3)n2)n1. The van der Waals surface area contributed by atoms with E-state index < -0.39 is 0 Å². The van der Waals surface area contributed by atoms with Gasteiger partial charge in [0.25, 0.3) is 0 Å². The van der Waals surface area contributed by atoms with Gasteiger partial charge in [0.1, 0.15) is 11.6 Å². The summed E-state index contributed by atoms with van der Waals surface area (Å²) in [5, 5.41) is 3.27. The van der Waals surface area contributed by atoms with Crippen molar-refractivity contribution in [3.05, 3.63) is 47.8 Å². The highest BCUT2D eigenvalue weighted by atomic mass is 16.1. The predicted molar refractivity (Wildman–Crippen MR) is 94.1 cm³/mol. The molecule has 6 nitrogen and oxygen atoms in total. The molecular weight excluding hydrogens is 302 g/mol. The van der Waals surface area contributed by atoms with Crippen molar-refractivity contribution < 1.29 is 4.79 Å². The quantitative estimate of drug-likeness (QED) is 0.880. The molecule has 1 aliphatic heterocycles. The number of hydrogen-bond acceptors (Lipinski definition) is 5. The van der Waals surface area contributed by atoms with Crippen LogP contribution in [0.4, 0.5) is 11.6 Å². The van der Waals surface area contributed by atoms with Crippen molar-refractivity contribution in [2.24, 2.45) is 5.73 Å². The minimum Gasteiger partial charge on any atom is -0.369 e. The maximum atomic E-state index is 11.0. The first-order valence-electron chi connectivity index (χ1n) is 8.28. The van der Waals surface area contributed by atoms with Gasteiger partial charge in [-0.15, -0.1) is 0 Å². The van der Waals surface area contributed by atoms with E-state index in [2.05, 4.69) is 21.3 Å². The fraction of sp³-hybridized carbons (Fsp3) is 0.389. The number of rotatable bonds is 5. The number of primary amides is 1. The van der Waals surface area contributed by atoms with E-state index in [4.69, 9.17) is 10.7 Å². The fourth-order valence-electron chi connectivity index (χ4n) is 3.10. The van der Waals surface area contributed by atoms with E-state index in [9.17, 15) is 4.79 Å². The summed E-state index contributed by atoms with van der Waals surface area (Å²) >= 11 is 0. The molecule has 1 saturated heterocycles. The smallest absolute Gasteiger partial charge is 0.231 e. The number of piperidine rings is 1. The highest BCUT2D eigenvalue weighted by molar-refractivity contribution is 5.75. The molecule has 0 aromatic carbocycles. The number of amides is 1. The molecule has 6 heteroatoms. The van der Waals surface area contributed by atoms with E-state index >= 15 is 0 Å². The Morgan fingerprint density at radius 1 is 1.17 bits per heavy atom. The number of anilines is 2. The third kappa shape index (κ3) is 4.29. The first kappa shape index (κ1) is 16.4. The van der Waals surface area contributed by atoms with Crippen LogP contribution in [0.15, 0.2) is 36.4 Å². The Kier molecular flexibility index (Phi) is 5.05. The van der Waals surface area contributed by atoms with Gasteiger partial charge in [0.2, 0.25) is 5.91 Å².